The van der Waals surface area contributed by atoms with Crippen molar-refractivity contribution in [3.05, 3.63) is 65.0 Å². The van der Waals surface area contributed by atoms with Crippen molar-refractivity contribution in [2.45, 2.75) is 6.54 Å². The molecule has 3 rings (SSSR count). The molecule has 1 amide bonds. The molecular weight excluding hydrogens is 344 g/mol. The molecule has 0 bridgehead atoms. The van der Waals surface area contributed by atoms with E-state index in [4.69, 9.17) is 5.73 Å². The van der Waals surface area contributed by atoms with Gasteiger partial charge in [0, 0.05) is 4.70 Å². The summed E-state index contributed by atoms with van der Waals surface area (Å²) >= 11 is 1.29. The molecule has 0 atom stereocenters. The Balaban J connectivity index is 2.04. The van der Waals surface area contributed by atoms with E-state index in [1.807, 2.05) is 36.4 Å². The Morgan fingerprint density at radius 1 is 1.12 bits per heavy atom. The molecule has 0 spiro atoms. The van der Waals surface area contributed by atoms with Gasteiger partial charge in [-0.05, 0) is 35.2 Å². The molecule has 124 valence electrons. The fraction of sp³-hybridized carbons (Fsp3) is 0.118. The normalized spacial score (nSPS) is 11.5. The number of sulfonamides is 1. The summed E-state index contributed by atoms with van der Waals surface area (Å²) in [6.45, 7) is 0.248. The number of thiophene rings is 1. The number of hydrogen-bond donors (Lipinski definition) is 1. The van der Waals surface area contributed by atoms with Crippen LogP contribution in [0.2, 0.25) is 0 Å². The summed E-state index contributed by atoms with van der Waals surface area (Å²) in [5.74, 6) is -0.484. The Hall–Kier alpha value is -2.38. The van der Waals surface area contributed by atoms with Gasteiger partial charge < -0.3 is 5.73 Å². The van der Waals surface area contributed by atoms with Gasteiger partial charge in [0.2, 0.25) is 10.0 Å². The lowest BCUT2D eigenvalue weighted by molar-refractivity contribution is 0.100. The van der Waals surface area contributed by atoms with Gasteiger partial charge in [-0.15, -0.1) is 11.3 Å². The number of fused-ring (bicyclic) bond motifs is 1. The van der Waals surface area contributed by atoms with Crippen LogP contribution in [0.1, 0.15) is 15.2 Å². The lowest BCUT2D eigenvalue weighted by Gasteiger charge is -2.22. The van der Waals surface area contributed by atoms with Gasteiger partial charge in [-0.1, -0.05) is 30.3 Å². The van der Waals surface area contributed by atoms with Gasteiger partial charge in [0.1, 0.15) is 0 Å². The third-order valence-corrected chi connectivity index (χ3v) is 5.87. The van der Waals surface area contributed by atoms with Crippen LogP contribution in [0.15, 0.2) is 54.6 Å². The second kappa shape index (κ2) is 6.26. The SMILES string of the molecule is CS(=O)(=O)N(Cc1ccccc1)c1ccc2sc(C(N)=O)cc2c1. The Morgan fingerprint density at radius 2 is 1.83 bits per heavy atom. The highest BCUT2D eigenvalue weighted by molar-refractivity contribution is 7.92. The van der Waals surface area contributed by atoms with E-state index in [0.29, 0.717) is 10.6 Å². The number of benzene rings is 2. The van der Waals surface area contributed by atoms with Crippen LogP contribution in [0, 0.1) is 0 Å². The van der Waals surface area contributed by atoms with Gasteiger partial charge in [0.25, 0.3) is 5.91 Å². The van der Waals surface area contributed by atoms with Crippen LogP contribution in [-0.4, -0.2) is 20.6 Å². The predicted octanol–water partition coefficient (Wildman–Crippen LogP) is 2.97. The van der Waals surface area contributed by atoms with Crippen molar-refractivity contribution in [1.82, 2.24) is 0 Å². The van der Waals surface area contributed by atoms with E-state index < -0.39 is 15.9 Å². The molecule has 0 saturated heterocycles. The van der Waals surface area contributed by atoms with Gasteiger partial charge in [0.05, 0.1) is 23.4 Å². The lowest BCUT2D eigenvalue weighted by Crippen LogP contribution is -2.29. The van der Waals surface area contributed by atoms with Crippen molar-refractivity contribution in [3.8, 4) is 0 Å². The summed E-state index contributed by atoms with van der Waals surface area (Å²) in [5, 5.41) is 0.799. The van der Waals surface area contributed by atoms with Gasteiger partial charge in [-0.25, -0.2) is 8.42 Å². The molecule has 0 fully saturated rings. The molecule has 2 aromatic carbocycles. The molecule has 7 heteroatoms. The van der Waals surface area contributed by atoms with Crippen LogP contribution >= 0.6 is 11.3 Å². The summed E-state index contributed by atoms with van der Waals surface area (Å²) in [7, 11) is -3.45. The number of hydrogen-bond acceptors (Lipinski definition) is 4. The van der Waals surface area contributed by atoms with E-state index in [0.717, 1.165) is 15.6 Å². The van der Waals surface area contributed by atoms with Crippen LogP contribution in [-0.2, 0) is 16.6 Å². The largest absolute Gasteiger partial charge is 0.365 e. The molecule has 0 saturated carbocycles. The van der Waals surface area contributed by atoms with E-state index in [-0.39, 0.29) is 6.54 Å². The topological polar surface area (TPSA) is 80.5 Å². The molecule has 3 aromatic rings. The third kappa shape index (κ3) is 3.42. The fourth-order valence-electron chi connectivity index (χ4n) is 2.46. The number of carbonyl (C=O) groups excluding carboxylic acids is 1. The summed E-state index contributed by atoms with van der Waals surface area (Å²) < 4.78 is 26.7. The van der Waals surface area contributed by atoms with E-state index in [1.165, 1.54) is 21.9 Å². The first-order valence-electron chi connectivity index (χ1n) is 7.19. The number of carbonyl (C=O) groups is 1. The van der Waals surface area contributed by atoms with Gasteiger partial charge >= 0.3 is 0 Å². The fourth-order valence-corrected chi connectivity index (χ4v) is 4.23. The summed E-state index contributed by atoms with van der Waals surface area (Å²) in [6.07, 6.45) is 1.18. The highest BCUT2D eigenvalue weighted by atomic mass is 32.2. The maximum Gasteiger partial charge on any atom is 0.258 e. The third-order valence-electron chi connectivity index (χ3n) is 3.60. The molecule has 1 aromatic heterocycles. The molecule has 1 heterocycles. The monoisotopic (exact) mass is 360 g/mol. The standard InChI is InChI=1S/C17H16N2O3S2/c1-24(21,22)19(11-12-5-3-2-4-6-12)14-7-8-15-13(9-14)10-16(23-15)17(18)20/h2-10H,11H2,1H3,(H2,18,20). The minimum absolute atomic E-state index is 0.248. The van der Waals surface area contributed by atoms with Crippen LogP contribution in [0.25, 0.3) is 10.1 Å². The first kappa shape index (κ1) is 16.5. The highest BCUT2D eigenvalue weighted by Crippen LogP contribution is 2.30. The number of nitrogens with zero attached hydrogens (tertiary/aromatic N) is 1. The predicted molar refractivity (Wildman–Crippen MR) is 97.8 cm³/mol. The molecule has 0 aliphatic rings. The Kier molecular flexibility index (Phi) is 4.29. The molecule has 0 radical (unpaired) electrons. The first-order valence-corrected chi connectivity index (χ1v) is 9.86. The number of amides is 1. The number of nitrogens with two attached hydrogens (primary N) is 1. The molecule has 5 nitrogen and oxygen atoms in total. The van der Waals surface area contributed by atoms with Gasteiger partial charge in [0.15, 0.2) is 0 Å². The molecular formula is C17H16N2O3S2. The maximum absolute atomic E-state index is 12.2. The zero-order valence-corrected chi connectivity index (χ0v) is 14.6. The van der Waals surface area contributed by atoms with Crippen LogP contribution in [0.5, 0.6) is 0 Å². The van der Waals surface area contributed by atoms with E-state index >= 15 is 0 Å². The Labute approximate surface area is 144 Å². The van der Waals surface area contributed by atoms with Crippen molar-refractivity contribution in [2.24, 2.45) is 5.73 Å². The molecule has 0 unspecified atom stereocenters. The highest BCUT2D eigenvalue weighted by Gasteiger charge is 2.19. The van der Waals surface area contributed by atoms with Crippen molar-refractivity contribution >= 4 is 43.0 Å². The minimum atomic E-state index is -3.45. The second-order valence-corrected chi connectivity index (χ2v) is 8.44. The smallest absolute Gasteiger partial charge is 0.258 e. The molecule has 0 aliphatic heterocycles. The van der Waals surface area contributed by atoms with E-state index in [9.17, 15) is 13.2 Å². The van der Waals surface area contributed by atoms with Crippen LogP contribution < -0.4 is 10.0 Å². The maximum atomic E-state index is 12.2. The Bertz CT molecular complexity index is 995. The van der Waals surface area contributed by atoms with Crippen molar-refractivity contribution < 1.29 is 13.2 Å². The van der Waals surface area contributed by atoms with E-state index in [2.05, 4.69) is 0 Å². The lowest BCUT2D eigenvalue weighted by atomic mass is 10.2. The van der Waals surface area contributed by atoms with Crippen LogP contribution in [0.4, 0.5) is 5.69 Å². The van der Waals surface area contributed by atoms with Crippen molar-refractivity contribution in [1.29, 1.82) is 0 Å². The van der Waals surface area contributed by atoms with Gasteiger partial charge in [-0.3, -0.25) is 9.10 Å². The minimum Gasteiger partial charge on any atom is -0.365 e. The second-order valence-electron chi connectivity index (χ2n) is 5.45. The number of rotatable bonds is 5. The zero-order chi connectivity index (χ0) is 17.3. The zero-order valence-electron chi connectivity index (χ0n) is 13.0. The number of primary amides is 1. The van der Waals surface area contributed by atoms with Crippen molar-refractivity contribution in [3.63, 3.8) is 0 Å². The number of anilines is 1. The first-order chi connectivity index (χ1) is 11.3. The molecule has 0 aliphatic carbocycles. The van der Waals surface area contributed by atoms with E-state index in [1.54, 1.807) is 18.2 Å². The van der Waals surface area contributed by atoms with Gasteiger partial charge in [-0.2, -0.15) is 0 Å². The van der Waals surface area contributed by atoms with Crippen LogP contribution in [0.3, 0.4) is 0 Å². The summed E-state index contributed by atoms with van der Waals surface area (Å²) in [4.78, 5) is 11.8. The molecule has 2 N–H and O–H groups in total. The summed E-state index contributed by atoms with van der Waals surface area (Å²) in [6, 6.07) is 16.4. The average molecular weight is 360 g/mol. The quantitative estimate of drug-likeness (QED) is 0.759. The van der Waals surface area contributed by atoms with Crippen molar-refractivity contribution in [2.75, 3.05) is 10.6 Å². The molecule has 24 heavy (non-hydrogen) atoms. The Morgan fingerprint density at radius 3 is 2.46 bits per heavy atom. The average Bonchev–Trinajstić information content (AvgIpc) is 2.96. The summed E-state index contributed by atoms with van der Waals surface area (Å²) in [5.41, 5.74) is 6.76.